The highest BCUT2D eigenvalue weighted by molar-refractivity contribution is 5.95. The van der Waals surface area contributed by atoms with E-state index in [1.165, 1.54) is 0 Å². The van der Waals surface area contributed by atoms with Crippen LogP contribution >= 0.6 is 0 Å². The van der Waals surface area contributed by atoms with Crippen LogP contribution in [0.4, 0.5) is 0 Å². The average molecular weight is 148 g/mol. The lowest BCUT2D eigenvalue weighted by Gasteiger charge is -1.96. The Morgan fingerprint density at radius 3 is 2.27 bits per heavy atom. The SMILES string of the molecule is N=C(N)c1ccc(C=O)cc1. The zero-order valence-corrected chi connectivity index (χ0v) is 5.87. The zero-order chi connectivity index (χ0) is 8.27. The summed E-state index contributed by atoms with van der Waals surface area (Å²) in [4.78, 5) is 10.2. The number of aldehydes is 1. The molecule has 3 nitrogen and oxygen atoms in total. The molecule has 0 aliphatic rings. The second-order valence-electron chi connectivity index (χ2n) is 2.15. The lowest BCUT2D eigenvalue weighted by atomic mass is 10.1. The van der Waals surface area contributed by atoms with Gasteiger partial charge < -0.3 is 5.73 Å². The summed E-state index contributed by atoms with van der Waals surface area (Å²) in [6, 6.07) is 6.55. The molecule has 0 radical (unpaired) electrons. The zero-order valence-electron chi connectivity index (χ0n) is 5.87. The monoisotopic (exact) mass is 148 g/mol. The number of hydrogen-bond donors (Lipinski definition) is 2. The summed E-state index contributed by atoms with van der Waals surface area (Å²) in [6.45, 7) is 0. The Bertz CT molecular complexity index is 277. The number of benzene rings is 1. The molecule has 3 heteroatoms. The van der Waals surface area contributed by atoms with E-state index in [2.05, 4.69) is 0 Å². The number of hydrogen-bond acceptors (Lipinski definition) is 2. The molecular weight excluding hydrogens is 140 g/mol. The van der Waals surface area contributed by atoms with Crippen molar-refractivity contribution in [1.82, 2.24) is 0 Å². The van der Waals surface area contributed by atoms with Gasteiger partial charge in [0.1, 0.15) is 12.1 Å². The number of carbonyl (C=O) groups is 1. The lowest BCUT2D eigenvalue weighted by molar-refractivity contribution is 0.112. The van der Waals surface area contributed by atoms with Crippen LogP contribution in [0.1, 0.15) is 15.9 Å². The lowest BCUT2D eigenvalue weighted by Crippen LogP contribution is -2.10. The van der Waals surface area contributed by atoms with Crippen LogP contribution in [0.15, 0.2) is 24.3 Å². The van der Waals surface area contributed by atoms with Crippen LogP contribution in [0.25, 0.3) is 0 Å². The molecule has 56 valence electrons. The average Bonchev–Trinajstić information content (AvgIpc) is 2.05. The first-order chi connectivity index (χ1) is 5.24. The Morgan fingerprint density at radius 1 is 1.36 bits per heavy atom. The van der Waals surface area contributed by atoms with E-state index in [1.807, 2.05) is 0 Å². The second-order valence-corrected chi connectivity index (χ2v) is 2.15. The third-order valence-electron chi connectivity index (χ3n) is 1.36. The van der Waals surface area contributed by atoms with Crippen LogP contribution in [0.3, 0.4) is 0 Å². The van der Waals surface area contributed by atoms with Gasteiger partial charge in [-0.05, 0) is 0 Å². The molecule has 0 bridgehead atoms. The Hall–Kier alpha value is -1.64. The molecule has 0 spiro atoms. The largest absolute Gasteiger partial charge is 0.384 e. The van der Waals surface area contributed by atoms with Crippen molar-refractivity contribution in [2.75, 3.05) is 0 Å². The maximum atomic E-state index is 10.2. The Kier molecular flexibility index (Phi) is 2.01. The Morgan fingerprint density at radius 2 is 1.91 bits per heavy atom. The van der Waals surface area contributed by atoms with Crippen LogP contribution in [0.2, 0.25) is 0 Å². The van der Waals surface area contributed by atoms with Gasteiger partial charge in [-0.1, -0.05) is 24.3 Å². The molecule has 1 aromatic rings. The highest BCUT2D eigenvalue weighted by Crippen LogP contribution is 2.00. The first-order valence-corrected chi connectivity index (χ1v) is 3.13. The summed E-state index contributed by atoms with van der Waals surface area (Å²) in [7, 11) is 0. The van der Waals surface area contributed by atoms with Crippen molar-refractivity contribution in [3.63, 3.8) is 0 Å². The van der Waals surface area contributed by atoms with Gasteiger partial charge in [0.15, 0.2) is 0 Å². The van der Waals surface area contributed by atoms with E-state index in [1.54, 1.807) is 24.3 Å². The van der Waals surface area contributed by atoms with E-state index in [0.29, 0.717) is 11.1 Å². The molecule has 0 amide bonds. The normalized spacial score (nSPS) is 9.09. The van der Waals surface area contributed by atoms with Crippen molar-refractivity contribution < 1.29 is 4.79 Å². The van der Waals surface area contributed by atoms with Gasteiger partial charge in [-0.3, -0.25) is 10.2 Å². The molecule has 0 atom stereocenters. The molecule has 0 saturated heterocycles. The Balaban J connectivity index is 3.00. The maximum absolute atomic E-state index is 10.2. The first-order valence-electron chi connectivity index (χ1n) is 3.13. The molecule has 3 N–H and O–H groups in total. The Labute approximate surface area is 64.3 Å². The van der Waals surface area contributed by atoms with Crippen molar-refractivity contribution in [1.29, 1.82) is 5.41 Å². The molecule has 0 aromatic heterocycles. The third kappa shape index (κ3) is 1.64. The number of nitrogen functional groups attached to an aromatic ring is 1. The quantitative estimate of drug-likeness (QED) is 0.370. The highest BCUT2D eigenvalue weighted by Gasteiger charge is 1.94. The van der Waals surface area contributed by atoms with Crippen molar-refractivity contribution in [3.8, 4) is 0 Å². The van der Waals surface area contributed by atoms with Crippen LogP contribution in [0.5, 0.6) is 0 Å². The van der Waals surface area contributed by atoms with Crippen molar-refractivity contribution in [2.45, 2.75) is 0 Å². The van der Waals surface area contributed by atoms with E-state index < -0.39 is 0 Å². The summed E-state index contributed by atoms with van der Waals surface area (Å²) in [5, 5.41) is 7.05. The standard InChI is InChI=1S/C8H8N2O/c9-8(10)7-3-1-6(5-11)2-4-7/h1-5H,(H3,9,10). The minimum atomic E-state index is 0.0162. The smallest absolute Gasteiger partial charge is 0.150 e. The fourth-order valence-corrected chi connectivity index (χ4v) is 0.741. The minimum Gasteiger partial charge on any atom is -0.384 e. The van der Waals surface area contributed by atoms with Gasteiger partial charge in [0, 0.05) is 11.1 Å². The van der Waals surface area contributed by atoms with Gasteiger partial charge >= 0.3 is 0 Å². The molecule has 0 saturated carbocycles. The molecule has 1 rings (SSSR count). The van der Waals surface area contributed by atoms with Gasteiger partial charge in [-0.25, -0.2) is 0 Å². The van der Waals surface area contributed by atoms with Gasteiger partial charge in [0.05, 0.1) is 0 Å². The van der Waals surface area contributed by atoms with Crippen LogP contribution in [-0.2, 0) is 0 Å². The topological polar surface area (TPSA) is 66.9 Å². The maximum Gasteiger partial charge on any atom is 0.150 e. The summed E-state index contributed by atoms with van der Waals surface area (Å²) < 4.78 is 0. The van der Waals surface area contributed by atoms with Crippen molar-refractivity contribution >= 4 is 12.1 Å². The fourth-order valence-electron chi connectivity index (χ4n) is 0.741. The van der Waals surface area contributed by atoms with E-state index in [0.717, 1.165) is 6.29 Å². The number of nitrogens with two attached hydrogens (primary N) is 1. The fraction of sp³-hybridized carbons (Fsp3) is 0. The summed E-state index contributed by atoms with van der Waals surface area (Å²) in [6.07, 6.45) is 0.754. The van der Waals surface area contributed by atoms with E-state index >= 15 is 0 Å². The molecule has 0 unspecified atom stereocenters. The predicted molar refractivity (Wildman–Crippen MR) is 42.8 cm³/mol. The minimum absolute atomic E-state index is 0.0162. The summed E-state index contributed by atoms with van der Waals surface area (Å²) in [5.74, 6) is 0.0162. The van der Waals surface area contributed by atoms with Crippen molar-refractivity contribution in [3.05, 3.63) is 35.4 Å². The van der Waals surface area contributed by atoms with Crippen LogP contribution in [0, 0.1) is 5.41 Å². The molecule has 0 fully saturated rings. The summed E-state index contributed by atoms with van der Waals surface area (Å²) >= 11 is 0. The molecule has 0 heterocycles. The van der Waals surface area contributed by atoms with Crippen LogP contribution in [-0.4, -0.2) is 12.1 Å². The number of rotatable bonds is 2. The van der Waals surface area contributed by atoms with E-state index in [4.69, 9.17) is 11.1 Å². The first kappa shape index (κ1) is 7.47. The van der Waals surface area contributed by atoms with Gasteiger partial charge in [-0.2, -0.15) is 0 Å². The molecule has 1 aromatic carbocycles. The molecule has 0 aliphatic carbocycles. The number of amidine groups is 1. The summed E-state index contributed by atoms with van der Waals surface area (Å²) in [5.41, 5.74) is 6.43. The molecule has 0 aliphatic heterocycles. The second kappa shape index (κ2) is 2.96. The number of nitrogens with one attached hydrogen (secondary N) is 1. The molecular formula is C8H8N2O. The van der Waals surface area contributed by atoms with Gasteiger partial charge in [-0.15, -0.1) is 0 Å². The van der Waals surface area contributed by atoms with E-state index in [-0.39, 0.29) is 5.84 Å². The number of carbonyl (C=O) groups excluding carboxylic acids is 1. The predicted octanol–water partition coefficient (Wildman–Crippen LogP) is 0.783. The van der Waals surface area contributed by atoms with Gasteiger partial charge in [0.2, 0.25) is 0 Å². The third-order valence-corrected chi connectivity index (χ3v) is 1.36. The van der Waals surface area contributed by atoms with Crippen LogP contribution < -0.4 is 5.73 Å². The van der Waals surface area contributed by atoms with Crippen molar-refractivity contribution in [2.24, 2.45) is 5.73 Å². The highest BCUT2D eigenvalue weighted by atomic mass is 16.1. The van der Waals surface area contributed by atoms with Gasteiger partial charge in [0.25, 0.3) is 0 Å². The molecule has 11 heavy (non-hydrogen) atoms. The van der Waals surface area contributed by atoms with E-state index in [9.17, 15) is 4.79 Å².